The summed E-state index contributed by atoms with van der Waals surface area (Å²) in [6, 6.07) is 4.40. The Morgan fingerprint density at radius 1 is 0.902 bits per heavy atom. The molecule has 2 aromatic carbocycles. The van der Waals surface area contributed by atoms with Crippen LogP contribution in [0.4, 0.5) is 26.3 Å². The van der Waals surface area contributed by atoms with Crippen molar-refractivity contribution in [2.24, 2.45) is 5.92 Å². The monoisotopic (exact) mass is 629 g/mol. The van der Waals surface area contributed by atoms with Crippen LogP contribution >= 0.6 is 23.2 Å². The largest absolute Gasteiger partial charge is 0.484 e. The van der Waals surface area contributed by atoms with Crippen molar-refractivity contribution in [3.63, 3.8) is 0 Å². The second-order valence-corrected chi connectivity index (χ2v) is 9.79. The molecule has 0 saturated carbocycles. The van der Waals surface area contributed by atoms with Gasteiger partial charge in [0.25, 0.3) is 11.8 Å². The Kier molecular flexibility index (Phi) is 11.4. The maximum Gasteiger partial charge on any atom is 0.405 e. The van der Waals surface area contributed by atoms with Gasteiger partial charge in [0.05, 0.1) is 6.04 Å². The summed E-state index contributed by atoms with van der Waals surface area (Å²) in [7, 11) is 0. The fourth-order valence-electron chi connectivity index (χ4n) is 3.29. The summed E-state index contributed by atoms with van der Waals surface area (Å²) < 4.78 is 84.9. The molecular weight excluding hydrogens is 607 g/mol. The molecule has 0 saturated heterocycles. The first-order valence-electron chi connectivity index (χ1n) is 11.6. The van der Waals surface area contributed by atoms with Gasteiger partial charge in [-0.3, -0.25) is 19.2 Å². The van der Waals surface area contributed by atoms with E-state index in [-0.39, 0.29) is 21.4 Å². The molecule has 0 heterocycles. The molecule has 41 heavy (non-hydrogen) atoms. The molecule has 0 bridgehead atoms. The SMILES string of the molecule is CC(C)[C@H](NC(=O)[C@@H](NC(=O)COc1cc(Cl)cc(Cl)c1)c1ccc(F)cc1)C(=O)C(F)(F)C(=O)NCC(F)(F)F. The zero-order chi connectivity index (χ0) is 31.1. The van der Waals surface area contributed by atoms with Gasteiger partial charge in [-0.1, -0.05) is 49.2 Å². The summed E-state index contributed by atoms with van der Waals surface area (Å²) in [5, 5.41) is 5.60. The highest BCUT2D eigenvalue weighted by Gasteiger charge is 2.52. The zero-order valence-electron chi connectivity index (χ0n) is 21.3. The van der Waals surface area contributed by atoms with Crippen molar-refractivity contribution in [2.45, 2.75) is 38.0 Å². The number of benzene rings is 2. The molecule has 0 aromatic heterocycles. The van der Waals surface area contributed by atoms with Crippen LogP contribution in [0.15, 0.2) is 42.5 Å². The number of ketones is 1. The van der Waals surface area contributed by atoms with E-state index in [4.69, 9.17) is 27.9 Å². The van der Waals surface area contributed by atoms with Gasteiger partial charge in [0.2, 0.25) is 11.7 Å². The molecule has 2 rings (SSSR count). The first-order chi connectivity index (χ1) is 18.9. The Labute approximate surface area is 239 Å². The second-order valence-electron chi connectivity index (χ2n) is 8.91. The molecule has 8 nitrogen and oxygen atoms in total. The lowest BCUT2D eigenvalue weighted by Gasteiger charge is -2.27. The first kappa shape index (κ1) is 33.7. The Morgan fingerprint density at radius 2 is 1.46 bits per heavy atom. The molecule has 0 radical (unpaired) electrons. The molecule has 3 N–H and O–H groups in total. The number of hydrogen-bond donors (Lipinski definition) is 3. The predicted molar refractivity (Wildman–Crippen MR) is 135 cm³/mol. The molecule has 2 aromatic rings. The van der Waals surface area contributed by atoms with E-state index in [0.717, 1.165) is 29.6 Å². The van der Waals surface area contributed by atoms with Crippen LogP contribution < -0.4 is 20.7 Å². The standard InChI is InChI=1S/C25H23Cl2F6N3O5/c1-12(2)19(21(38)25(32,33)23(40)34-11-24(29,30)31)36-22(39)20(13-3-5-16(28)6-4-13)35-18(37)10-41-17-8-14(26)7-15(27)9-17/h3-9,12,19-20H,10-11H2,1-2H3,(H,34,40)(H,35,37)(H,36,39)/t19-,20-/m0/s1. The summed E-state index contributed by atoms with van der Waals surface area (Å²) in [5.41, 5.74) is -0.0346. The van der Waals surface area contributed by atoms with Crippen LogP contribution in [0.3, 0.4) is 0 Å². The fourth-order valence-corrected chi connectivity index (χ4v) is 3.80. The van der Waals surface area contributed by atoms with Crippen LogP contribution in [0.5, 0.6) is 5.75 Å². The summed E-state index contributed by atoms with van der Waals surface area (Å²) >= 11 is 11.7. The summed E-state index contributed by atoms with van der Waals surface area (Å²) in [4.78, 5) is 50.0. The van der Waals surface area contributed by atoms with E-state index in [0.29, 0.717) is 0 Å². The van der Waals surface area contributed by atoms with Crippen LogP contribution in [0, 0.1) is 11.7 Å². The molecule has 0 fully saturated rings. The number of ether oxygens (including phenoxy) is 1. The van der Waals surface area contributed by atoms with Crippen molar-refractivity contribution < 1.29 is 50.3 Å². The van der Waals surface area contributed by atoms with Crippen molar-refractivity contribution in [2.75, 3.05) is 13.2 Å². The molecule has 3 amide bonds. The smallest absolute Gasteiger partial charge is 0.405 e. The molecule has 16 heteroatoms. The Balaban J connectivity index is 2.25. The quantitative estimate of drug-likeness (QED) is 0.238. The molecule has 2 atom stereocenters. The maximum atomic E-state index is 14.5. The van der Waals surface area contributed by atoms with E-state index < -0.39 is 72.6 Å². The van der Waals surface area contributed by atoms with Crippen LogP contribution in [0.25, 0.3) is 0 Å². The molecular formula is C25H23Cl2F6N3O5. The lowest BCUT2D eigenvalue weighted by Crippen LogP contribution is -2.58. The third-order valence-electron chi connectivity index (χ3n) is 5.27. The number of Topliss-reactive ketones (excluding diaryl/α,β-unsaturated/α-hetero) is 1. The third kappa shape index (κ3) is 10.1. The number of hydrogen-bond acceptors (Lipinski definition) is 5. The topological polar surface area (TPSA) is 114 Å². The van der Waals surface area contributed by atoms with Crippen molar-refractivity contribution in [1.29, 1.82) is 0 Å². The third-order valence-corrected chi connectivity index (χ3v) is 5.70. The van der Waals surface area contributed by atoms with Gasteiger partial charge in [-0.15, -0.1) is 0 Å². The van der Waals surface area contributed by atoms with Crippen LogP contribution in [0.2, 0.25) is 10.0 Å². The lowest BCUT2D eigenvalue weighted by atomic mass is 9.94. The van der Waals surface area contributed by atoms with Crippen molar-refractivity contribution >= 4 is 46.7 Å². The number of rotatable bonds is 12. The number of amides is 3. The van der Waals surface area contributed by atoms with Gasteiger partial charge >= 0.3 is 12.1 Å². The Morgan fingerprint density at radius 3 is 1.98 bits per heavy atom. The number of halogens is 8. The maximum absolute atomic E-state index is 14.5. The zero-order valence-corrected chi connectivity index (χ0v) is 22.8. The second kappa shape index (κ2) is 13.9. The Hall–Kier alpha value is -3.52. The fraction of sp³-hybridized carbons (Fsp3) is 0.360. The highest BCUT2D eigenvalue weighted by atomic mass is 35.5. The minimum atomic E-state index is -5.02. The predicted octanol–water partition coefficient (Wildman–Crippen LogP) is 4.39. The molecule has 0 spiro atoms. The van der Waals surface area contributed by atoms with Crippen LogP contribution in [-0.4, -0.2) is 54.8 Å². The average molecular weight is 630 g/mol. The van der Waals surface area contributed by atoms with Crippen LogP contribution in [-0.2, 0) is 19.2 Å². The van der Waals surface area contributed by atoms with Gasteiger partial charge < -0.3 is 20.7 Å². The molecule has 0 unspecified atom stereocenters. The van der Waals surface area contributed by atoms with Crippen LogP contribution in [0.1, 0.15) is 25.5 Å². The molecule has 0 aliphatic carbocycles. The summed E-state index contributed by atoms with van der Waals surface area (Å²) in [6.07, 6.45) is -5.02. The highest BCUT2D eigenvalue weighted by Crippen LogP contribution is 2.25. The average Bonchev–Trinajstić information content (AvgIpc) is 2.86. The lowest BCUT2D eigenvalue weighted by molar-refractivity contribution is -0.165. The van der Waals surface area contributed by atoms with Gasteiger partial charge in [-0.05, 0) is 41.8 Å². The van der Waals surface area contributed by atoms with E-state index in [2.05, 4.69) is 5.32 Å². The van der Waals surface area contributed by atoms with Gasteiger partial charge in [0, 0.05) is 10.0 Å². The van der Waals surface area contributed by atoms with Gasteiger partial charge in [-0.25, -0.2) is 4.39 Å². The molecule has 224 valence electrons. The Bertz CT molecular complexity index is 1260. The van der Waals surface area contributed by atoms with E-state index >= 15 is 0 Å². The van der Waals surface area contributed by atoms with E-state index in [1.54, 1.807) is 0 Å². The first-order valence-corrected chi connectivity index (χ1v) is 12.4. The van der Waals surface area contributed by atoms with Crippen molar-refractivity contribution in [3.05, 3.63) is 63.9 Å². The minimum Gasteiger partial charge on any atom is -0.484 e. The van der Waals surface area contributed by atoms with E-state index in [1.165, 1.54) is 32.0 Å². The molecule has 0 aliphatic rings. The van der Waals surface area contributed by atoms with Gasteiger partial charge in [0.1, 0.15) is 24.2 Å². The van der Waals surface area contributed by atoms with Gasteiger partial charge in [0.15, 0.2) is 6.61 Å². The number of carbonyl (C=O) groups excluding carboxylic acids is 4. The summed E-state index contributed by atoms with van der Waals surface area (Å²) in [6.45, 7) is -0.356. The normalized spacial score (nSPS) is 13.2. The number of alkyl halides is 5. The van der Waals surface area contributed by atoms with E-state index in [9.17, 15) is 45.5 Å². The number of nitrogens with one attached hydrogen (secondary N) is 3. The number of carbonyl (C=O) groups is 4. The van der Waals surface area contributed by atoms with Gasteiger partial charge in [-0.2, -0.15) is 22.0 Å². The summed E-state index contributed by atoms with van der Waals surface area (Å²) in [5.74, 6) is -13.5. The van der Waals surface area contributed by atoms with Crippen molar-refractivity contribution in [3.8, 4) is 5.75 Å². The molecule has 0 aliphatic heterocycles. The minimum absolute atomic E-state index is 0.0346. The van der Waals surface area contributed by atoms with Crippen molar-refractivity contribution in [1.82, 2.24) is 16.0 Å². The highest BCUT2D eigenvalue weighted by molar-refractivity contribution is 6.34. The van der Waals surface area contributed by atoms with E-state index in [1.807, 2.05) is 5.32 Å².